The maximum Gasteiger partial charge on any atom is 0.262 e. The number of aryl methyl sites for hydroxylation is 1. The third kappa shape index (κ3) is 5.27. The average molecular weight is 391 g/mol. The second-order valence-electron chi connectivity index (χ2n) is 6.44. The summed E-state index contributed by atoms with van der Waals surface area (Å²) in [4.78, 5) is 18.5. The lowest BCUT2D eigenvalue weighted by molar-refractivity contribution is 0.0631. The fourth-order valence-electron chi connectivity index (χ4n) is 2.64. The standard InChI is InChI=1S/C19H25N3O4S/c1-14(2)22(9-10-26-4)19(23)17-7-5-6-8-18(17)27(24,25)21-16-11-15(3)12-20-13-16/h5-8,11-14,21H,9-10H2,1-4H3. The number of rotatable bonds is 8. The van der Waals surface area contributed by atoms with Gasteiger partial charge in [-0.15, -0.1) is 0 Å². The molecule has 1 N–H and O–H groups in total. The van der Waals surface area contributed by atoms with Crippen LogP contribution in [0.5, 0.6) is 0 Å². The Morgan fingerprint density at radius 2 is 1.96 bits per heavy atom. The number of methoxy groups -OCH3 is 1. The molecule has 27 heavy (non-hydrogen) atoms. The van der Waals surface area contributed by atoms with Crippen LogP contribution in [0.3, 0.4) is 0 Å². The fourth-order valence-corrected chi connectivity index (χ4v) is 3.87. The minimum absolute atomic E-state index is 0.0698. The van der Waals surface area contributed by atoms with E-state index in [1.807, 2.05) is 20.8 Å². The molecule has 0 atom stereocenters. The summed E-state index contributed by atoms with van der Waals surface area (Å²) in [7, 11) is -2.40. The zero-order chi connectivity index (χ0) is 20.0. The number of sulfonamides is 1. The number of hydrogen-bond donors (Lipinski definition) is 1. The molecule has 0 radical (unpaired) electrons. The molecular weight excluding hydrogens is 366 g/mol. The Balaban J connectivity index is 2.40. The van der Waals surface area contributed by atoms with E-state index in [-0.39, 0.29) is 22.4 Å². The number of benzene rings is 1. The van der Waals surface area contributed by atoms with Crippen LogP contribution in [0.2, 0.25) is 0 Å². The number of carbonyl (C=O) groups is 1. The van der Waals surface area contributed by atoms with Crippen LogP contribution in [0.15, 0.2) is 47.6 Å². The van der Waals surface area contributed by atoms with Gasteiger partial charge in [-0.3, -0.25) is 14.5 Å². The molecular formula is C19H25N3O4S. The minimum atomic E-state index is -3.95. The first-order valence-electron chi connectivity index (χ1n) is 8.59. The first-order chi connectivity index (χ1) is 12.8. The Labute approximate surface area is 160 Å². The van der Waals surface area contributed by atoms with E-state index in [4.69, 9.17) is 4.74 Å². The summed E-state index contributed by atoms with van der Waals surface area (Å²) in [5, 5.41) is 0. The maximum atomic E-state index is 13.0. The first kappa shape index (κ1) is 20.9. The van der Waals surface area contributed by atoms with Crippen molar-refractivity contribution in [1.29, 1.82) is 0 Å². The zero-order valence-electron chi connectivity index (χ0n) is 16.0. The van der Waals surface area contributed by atoms with Crippen molar-refractivity contribution in [2.75, 3.05) is 25.0 Å². The molecule has 0 aliphatic heterocycles. The average Bonchev–Trinajstić information content (AvgIpc) is 2.61. The summed E-state index contributed by atoms with van der Waals surface area (Å²) in [6, 6.07) is 7.76. The molecule has 0 spiro atoms. The Morgan fingerprint density at radius 1 is 1.26 bits per heavy atom. The molecule has 0 unspecified atom stereocenters. The van der Waals surface area contributed by atoms with Crippen molar-refractivity contribution in [3.05, 3.63) is 53.9 Å². The van der Waals surface area contributed by atoms with Crippen molar-refractivity contribution in [1.82, 2.24) is 9.88 Å². The molecule has 0 saturated heterocycles. The molecule has 146 valence electrons. The SMILES string of the molecule is COCCN(C(=O)c1ccccc1S(=O)(=O)Nc1cncc(C)c1)C(C)C. The Hall–Kier alpha value is -2.45. The molecule has 7 nitrogen and oxygen atoms in total. The highest BCUT2D eigenvalue weighted by atomic mass is 32.2. The van der Waals surface area contributed by atoms with Gasteiger partial charge in [0, 0.05) is 25.9 Å². The van der Waals surface area contributed by atoms with Crippen LogP contribution in [0.25, 0.3) is 0 Å². The van der Waals surface area contributed by atoms with Crippen molar-refractivity contribution in [2.45, 2.75) is 31.7 Å². The Bertz CT molecular complexity index is 897. The Morgan fingerprint density at radius 3 is 2.59 bits per heavy atom. The number of pyridine rings is 1. The smallest absolute Gasteiger partial charge is 0.262 e. The van der Waals surface area contributed by atoms with Gasteiger partial charge in [0.05, 0.1) is 24.1 Å². The number of aromatic nitrogens is 1. The number of carbonyl (C=O) groups excluding carboxylic acids is 1. The third-order valence-corrected chi connectivity index (χ3v) is 5.39. The van der Waals surface area contributed by atoms with Crippen LogP contribution in [-0.2, 0) is 14.8 Å². The summed E-state index contributed by atoms with van der Waals surface area (Å²) in [5.41, 5.74) is 1.29. The monoisotopic (exact) mass is 391 g/mol. The van der Waals surface area contributed by atoms with Crippen LogP contribution in [0.4, 0.5) is 5.69 Å². The topological polar surface area (TPSA) is 88.6 Å². The van der Waals surface area contributed by atoms with Crippen LogP contribution >= 0.6 is 0 Å². The molecule has 0 aliphatic rings. The van der Waals surface area contributed by atoms with Gasteiger partial charge in [-0.05, 0) is 44.5 Å². The second-order valence-corrected chi connectivity index (χ2v) is 8.09. The van der Waals surface area contributed by atoms with Gasteiger partial charge in [-0.25, -0.2) is 8.42 Å². The fraction of sp³-hybridized carbons (Fsp3) is 0.368. The van der Waals surface area contributed by atoms with Crippen LogP contribution in [0.1, 0.15) is 29.8 Å². The molecule has 0 bridgehead atoms. The van der Waals surface area contributed by atoms with Crippen molar-refractivity contribution in [3.8, 4) is 0 Å². The van der Waals surface area contributed by atoms with Crippen molar-refractivity contribution < 1.29 is 17.9 Å². The molecule has 2 aromatic rings. The highest BCUT2D eigenvalue weighted by Gasteiger charge is 2.26. The molecule has 8 heteroatoms. The summed E-state index contributed by atoms with van der Waals surface area (Å²) in [6.07, 6.45) is 3.06. The predicted molar refractivity (Wildman–Crippen MR) is 104 cm³/mol. The number of hydrogen-bond acceptors (Lipinski definition) is 5. The van der Waals surface area contributed by atoms with Gasteiger partial charge in [0.2, 0.25) is 0 Å². The maximum absolute atomic E-state index is 13.0. The normalized spacial score (nSPS) is 11.4. The van der Waals surface area contributed by atoms with E-state index < -0.39 is 10.0 Å². The van der Waals surface area contributed by atoms with E-state index in [1.54, 1.807) is 36.4 Å². The van der Waals surface area contributed by atoms with Gasteiger partial charge < -0.3 is 9.64 Å². The largest absolute Gasteiger partial charge is 0.383 e. The molecule has 1 amide bonds. The molecule has 0 fully saturated rings. The van der Waals surface area contributed by atoms with Gasteiger partial charge in [0.25, 0.3) is 15.9 Å². The molecule has 2 rings (SSSR count). The molecule has 0 saturated carbocycles. The minimum Gasteiger partial charge on any atom is -0.383 e. The van der Waals surface area contributed by atoms with E-state index in [0.717, 1.165) is 5.56 Å². The number of anilines is 1. The molecule has 1 heterocycles. The van der Waals surface area contributed by atoms with Crippen LogP contribution < -0.4 is 4.72 Å². The van der Waals surface area contributed by atoms with E-state index in [2.05, 4.69) is 9.71 Å². The second kappa shape index (κ2) is 8.96. The lowest BCUT2D eigenvalue weighted by Gasteiger charge is -2.27. The van der Waals surface area contributed by atoms with E-state index in [9.17, 15) is 13.2 Å². The predicted octanol–water partition coefficient (Wildman–Crippen LogP) is 2.69. The van der Waals surface area contributed by atoms with Gasteiger partial charge in [-0.1, -0.05) is 12.1 Å². The quantitative estimate of drug-likeness (QED) is 0.747. The summed E-state index contributed by atoms with van der Waals surface area (Å²) in [5.74, 6) is -0.356. The summed E-state index contributed by atoms with van der Waals surface area (Å²) < 4.78 is 33.4. The van der Waals surface area contributed by atoms with Crippen molar-refractivity contribution in [2.24, 2.45) is 0 Å². The van der Waals surface area contributed by atoms with Gasteiger partial charge in [0.1, 0.15) is 4.90 Å². The molecule has 0 aliphatic carbocycles. The zero-order valence-corrected chi connectivity index (χ0v) is 16.8. The van der Waals surface area contributed by atoms with Gasteiger partial charge in [-0.2, -0.15) is 0 Å². The van der Waals surface area contributed by atoms with E-state index in [0.29, 0.717) is 18.8 Å². The number of amides is 1. The first-order valence-corrected chi connectivity index (χ1v) is 10.1. The van der Waals surface area contributed by atoms with Gasteiger partial charge >= 0.3 is 0 Å². The molecule has 1 aromatic heterocycles. The lowest BCUT2D eigenvalue weighted by Crippen LogP contribution is -2.40. The number of nitrogens with one attached hydrogen (secondary N) is 1. The van der Waals surface area contributed by atoms with Crippen LogP contribution in [0, 0.1) is 6.92 Å². The highest BCUT2D eigenvalue weighted by Crippen LogP contribution is 2.22. The van der Waals surface area contributed by atoms with Crippen molar-refractivity contribution in [3.63, 3.8) is 0 Å². The highest BCUT2D eigenvalue weighted by molar-refractivity contribution is 7.92. The van der Waals surface area contributed by atoms with Crippen molar-refractivity contribution >= 4 is 21.6 Å². The number of ether oxygens (including phenoxy) is 1. The molecule has 1 aromatic carbocycles. The Kier molecular flexibility index (Phi) is 6.92. The number of nitrogens with zero attached hydrogens (tertiary/aromatic N) is 2. The van der Waals surface area contributed by atoms with Crippen LogP contribution in [-0.4, -0.2) is 50.5 Å². The summed E-state index contributed by atoms with van der Waals surface area (Å²) in [6.45, 7) is 6.31. The van der Waals surface area contributed by atoms with E-state index in [1.165, 1.54) is 18.3 Å². The third-order valence-electron chi connectivity index (χ3n) is 3.95. The van der Waals surface area contributed by atoms with Gasteiger partial charge in [0.15, 0.2) is 0 Å². The van der Waals surface area contributed by atoms with E-state index >= 15 is 0 Å². The summed E-state index contributed by atoms with van der Waals surface area (Å²) >= 11 is 0. The lowest BCUT2D eigenvalue weighted by atomic mass is 10.1.